The summed E-state index contributed by atoms with van der Waals surface area (Å²) in [6.07, 6.45) is -1.26. The van der Waals surface area contributed by atoms with E-state index < -0.39 is 90.9 Å². The third-order valence-corrected chi connectivity index (χ3v) is 15.8. The summed E-state index contributed by atoms with van der Waals surface area (Å²) < 4.78 is 42.1. The maximum atomic E-state index is 12.6. The molecule has 8 aliphatic rings. The number of hydrogen-bond donors (Lipinski definition) is 6. The maximum Gasteiger partial charge on any atom is 0.331 e. The van der Waals surface area contributed by atoms with Crippen LogP contribution in [0.25, 0.3) is 0 Å². The van der Waals surface area contributed by atoms with Crippen molar-refractivity contribution < 1.29 is 68.6 Å². The highest BCUT2D eigenvalue weighted by Crippen LogP contribution is 2.70. The van der Waals surface area contributed by atoms with Gasteiger partial charge in [0.1, 0.15) is 24.9 Å². The van der Waals surface area contributed by atoms with Crippen LogP contribution in [0.15, 0.2) is 11.6 Å². The summed E-state index contributed by atoms with van der Waals surface area (Å²) in [6, 6.07) is 0. The second kappa shape index (κ2) is 15.1. The third kappa shape index (κ3) is 7.05. The van der Waals surface area contributed by atoms with Gasteiger partial charge in [-0.05, 0) is 94.5 Å². The molecule has 14 nitrogen and oxygen atoms in total. The summed E-state index contributed by atoms with van der Waals surface area (Å²) in [6.45, 7) is 9.98. The Labute approximate surface area is 323 Å². The number of cyclic esters (lactones) is 1. The van der Waals surface area contributed by atoms with Crippen molar-refractivity contribution >= 4 is 5.97 Å². The van der Waals surface area contributed by atoms with E-state index in [1.807, 2.05) is 6.92 Å². The minimum Gasteiger partial charge on any atom is -0.458 e. The highest BCUT2D eigenvalue weighted by Gasteiger charge is 2.70. The number of ether oxygens (including phenoxy) is 7. The molecular formula is C41H64O14. The monoisotopic (exact) mass is 780 g/mol. The molecule has 0 spiro atoms. The lowest BCUT2D eigenvalue weighted by Crippen LogP contribution is -2.62. The van der Waals surface area contributed by atoms with Crippen molar-refractivity contribution in [2.45, 2.75) is 197 Å². The molecule has 0 bridgehead atoms. The molecule has 7 fully saturated rings. The van der Waals surface area contributed by atoms with Gasteiger partial charge in [0.2, 0.25) is 0 Å². The van der Waals surface area contributed by atoms with Gasteiger partial charge in [0, 0.05) is 43.1 Å². The maximum absolute atomic E-state index is 12.6. The van der Waals surface area contributed by atoms with Crippen LogP contribution in [0.3, 0.4) is 0 Å². The predicted octanol–water partition coefficient (Wildman–Crippen LogP) is 2.22. The number of aliphatic hydroxyl groups excluding tert-OH is 5. The van der Waals surface area contributed by atoms with E-state index in [0.29, 0.717) is 18.3 Å². The highest BCUT2D eigenvalue weighted by atomic mass is 16.7. The van der Waals surface area contributed by atoms with Crippen LogP contribution in [0.4, 0.5) is 0 Å². The molecule has 4 heterocycles. The van der Waals surface area contributed by atoms with Gasteiger partial charge in [0.05, 0.1) is 54.4 Å². The molecule has 0 amide bonds. The van der Waals surface area contributed by atoms with Crippen LogP contribution in [0.2, 0.25) is 0 Å². The Bertz CT molecular complexity index is 1410. The van der Waals surface area contributed by atoms with Crippen LogP contribution in [0, 0.1) is 34.5 Å². The van der Waals surface area contributed by atoms with Crippen molar-refractivity contribution in [1.82, 2.24) is 0 Å². The van der Waals surface area contributed by atoms with Crippen LogP contribution in [-0.2, 0) is 38.0 Å². The smallest absolute Gasteiger partial charge is 0.331 e. The van der Waals surface area contributed by atoms with Gasteiger partial charge < -0.3 is 63.8 Å². The molecule has 4 saturated carbocycles. The van der Waals surface area contributed by atoms with E-state index in [0.717, 1.165) is 50.5 Å². The first-order valence-electron chi connectivity index (χ1n) is 20.9. The summed E-state index contributed by atoms with van der Waals surface area (Å²) >= 11 is 0. The number of carbonyl (C=O) groups is 1. The van der Waals surface area contributed by atoms with E-state index >= 15 is 0 Å². The van der Waals surface area contributed by atoms with E-state index in [4.69, 9.17) is 33.2 Å². The molecule has 312 valence electrons. The van der Waals surface area contributed by atoms with E-state index in [1.54, 1.807) is 13.8 Å². The minimum absolute atomic E-state index is 0.0203. The zero-order valence-corrected chi connectivity index (χ0v) is 32.9. The number of hydrogen-bond acceptors (Lipinski definition) is 14. The first-order chi connectivity index (χ1) is 26.0. The fourth-order valence-electron chi connectivity index (χ4n) is 12.9. The molecule has 0 aromatic heterocycles. The zero-order chi connectivity index (χ0) is 39.2. The van der Waals surface area contributed by atoms with Crippen LogP contribution in [0.1, 0.15) is 105 Å². The lowest BCUT2D eigenvalue weighted by molar-refractivity contribution is -0.336. The van der Waals surface area contributed by atoms with E-state index in [1.165, 1.54) is 6.08 Å². The minimum atomic E-state index is -1.01. The molecule has 0 aromatic carbocycles. The molecular weight excluding hydrogens is 716 g/mol. The van der Waals surface area contributed by atoms with Crippen molar-refractivity contribution in [1.29, 1.82) is 0 Å². The van der Waals surface area contributed by atoms with Crippen LogP contribution < -0.4 is 0 Å². The second-order valence-corrected chi connectivity index (χ2v) is 18.9. The largest absolute Gasteiger partial charge is 0.458 e. The molecule has 4 aliphatic carbocycles. The fourth-order valence-corrected chi connectivity index (χ4v) is 12.9. The Hall–Kier alpha value is -1.27. The third-order valence-electron chi connectivity index (χ3n) is 15.8. The molecule has 0 aromatic rings. The molecule has 1 unspecified atom stereocenters. The molecule has 0 radical (unpaired) electrons. The Balaban J connectivity index is 0.834. The Kier molecular flexibility index (Phi) is 11.1. The van der Waals surface area contributed by atoms with E-state index in [9.17, 15) is 35.4 Å². The SMILES string of the molecule is CC1O[C@@H](O[C@H]2CC[C@@]3(C)[C@H](CC[C@@H]4[C@@H]3CC[C@]3(C)[C@@H](C5=CC(=O)OC5)[C@@H](O)C[C@]43O)C2)C[C@H](O)[C@@H]1O[C@H]1C[C@H](O)[C@H](O[C@H]2C[C@H](O)[C@H](O)[C@@H](C)O2)[C@@H](C)O1. The van der Waals surface area contributed by atoms with E-state index in [-0.39, 0.29) is 55.2 Å². The summed E-state index contributed by atoms with van der Waals surface area (Å²) in [7, 11) is 0. The van der Waals surface area contributed by atoms with Gasteiger partial charge in [0.15, 0.2) is 18.9 Å². The zero-order valence-electron chi connectivity index (χ0n) is 32.9. The summed E-state index contributed by atoms with van der Waals surface area (Å²) in [4.78, 5) is 12.0. The van der Waals surface area contributed by atoms with Crippen molar-refractivity contribution in [3.63, 3.8) is 0 Å². The van der Waals surface area contributed by atoms with Crippen molar-refractivity contribution in [2.75, 3.05) is 6.61 Å². The molecule has 4 aliphatic heterocycles. The lowest BCUT2D eigenvalue weighted by Gasteiger charge is -2.63. The first-order valence-corrected chi connectivity index (χ1v) is 20.9. The van der Waals surface area contributed by atoms with Crippen LogP contribution in [0.5, 0.6) is 0 Å². The molecule has 14 heteroatoms. The topological polar surface area (TPSA) is 203 Å². The molecule has 8 rings (SSSR count). The average molecular weight is 781 g/mol. The van der Waals surface area contributed by atoms with Gasteiger partial charge in [-0.15, -0.1) is 0 Å². The van der Waals surface area contributed by atoms with Gasteiger partial charge in [-0.2, -0.15) is 0 Å². The number of aliphatic hydroxyl groups is 6. The van der Waals surface area contributed by atoms with Gasteiger partial charge >= 0.3 is 5.97 Å². The van der Waals surface area contributed by atoms with Crippen molar-refractivity contribution in [3.8, 4) is 0 Å². The average Bonchev–Trinajstić information content (AvgIpc) is 3.62. The standard InChI is InChI=1S/C41H64O14/c1-19-36(47)27(42)14-33(50-19)54-38-21(3)52-34(16-29(38)44)55-37-20(2)51-32(15-28(37)43)53-24-8-10-39(4)23(13-24)6-7-26-25(39)9-11-40(5)35(22-12-31(46)49-18-22)30(45)17-41(26,40)48/h12,19-21,23-30,32-38,42-45,47-48H,6-11,13-18H2,1-5H3/t19-,20?,21-,23-,24+,25+,26-,27+,28+,29+,30+,32+,33+,34+,35+,36-,37-,38-,39+,40-,41+/m1/s1. The van der Waals surface area contributed by atoms with Crippen LogP contribution >= 0.6 is 0 Å². The van der Waals surface area contributed by atoms with E-state index in [2.05, 4.69) is 13.8 Å². The molecule has 3 saturated heterocycles. The van der Waals surface area contributed by atoms with Gasteiger partial charge in [-0.25, -0.2) is 4.79 Å². The van der Waals surface area contributed by atoms with Crippen LogP contribution in [-0.4, -0.2) is 135 Å². The Morgan fingerprint density at radius 2 is 1.29 bits per heavy atom. The molecule has 55 heavy (non-hydrogen) atoms. The number of esters is 1. The lowest BCUT2D eigenvalue weighted by atomic mass is 9.43. The Morgan fingerprint density at radius 3 is 1.87 bits per heavy atom. The second-order valence-electron chi connectivity index (χ2n) is 18.9. The van der Waals surface area contributed by atoms with Gasteiger partial charge in [-0.3, -0.25) is 0 Å². The number of fused-ring (bicyclic) bond motifs is 5. The van der Waals surface area contributed by atoms with Crippen molar-refractivity contribution in [3.05, 3.63) is 11.6 Å². The van der Waals surface area contributed by atoms with Gasteiger partial charge in [-0.1, -0.05) is 13.8 Å². The summed E-state index contributed by atoms with van der Waals surface area (Å²) in [5.74, 6) is 0.174. The summed E-state index contributed by atoms with van der Waals surface area (Å²) in [5, 5.41) is 66.3. The highest BCUT2D eigenvalue weighted by molar-refractivity contribution is 5.85. The first kappa shape index (κ1) is 40.5. The van der Waals surface area contributed by atoms with Crippen molar-refractivity contribution in [2.24, 2.45) is 34.5 Å². The predicted molar refractivity (Wildman–Crippen MR) is 193 cm³/mol. The normalized spacial score (nSPS) is 55.5. The number of rotatable bonds is 7. The summed E-state index contributed by atoms with van der Waals surface area (Å²) in [5.41, 5.74) is -0.686. The Morgan fingerprint density at radius 1 is 0.691 bits per heavy atom. The fraction of sp³-hybridized carbons (Fsp3) is 0.927. The molecule has 21 atom stereocenters. The van der Waals surface area contributed by atoms with Gasteiger partial charge in [0.25, 0.3) is 0 Å². The number of carbonyl (C=O) groups excluding carboxylic acids is 1. The molecule has 6 N–H and O–H groups in total. The quantitative estimate of drug-likeness (QED) is 0.162.